The highest BCUT2D eigenvalue weighted by molar-refractivity contribution is 7.99. The van der Waals surface area contributed by atoms with E-state index in [4.69, 9.17) is 9.84 Å². The lowest BCUT2D eigenvalue weighted by molar-refractivity contribution is 0.103. The number of aromatic nitrogens is 3. The summed E-state index contributed by atoms with van der Waals surface area (Å²) in [5.41, 5.74) is 2.27. The van der Waals surface area contributed by atoms with Crippen LogP contribution in [0.3, 0.4) is 0 Å². The van der Waals surface area contributed by atoms with Gasteiger partial charge in [-0.1, -0.05) is 30.0 Å². The number of para-hydroxylation sites is 1. The maximum Gasteiger partial charge on any atom is 0.195 e. The molecule has 2 aromatic rings. The summed E-state index contributed by atoms with van der Waals surface area (Å²) in [5, 5.41) is 17.6. The summed E-state index contributed by atoms with van der Waals surface area (Å²) in [7, 11) is 0. The molecule has 0 radical (unpaired) electrons. The van der Waals surface area contributed by atoms with Crippen LogP contribution in [0.2, 0.25) is 0 Å². The van der Waals surface area contributed by atoms with E-state index in [9.17, 15) is 0 Å². The van der Waals surface area contributed by atoms with Crippen LogP contribution in [0.1, 0.15) is 5.56 Å². The van der Waals surface area contributed by atoms with Crippen molar-refractivity contribution >= 4 is 11.8 Å². The Morgan fingerprint density at radius 2 is 2.16 bits per heavy atom. The zero-order valence-corrected chi connectivity index (χ0v) is 11.6. The molecule has 0 saturated heterocycles. The average molecular weight is 279 g/mol. The van der Waals surface area contributed by atoms with Gasteiger partial charge < -0.3 is 9.84 Å². The van der Waals surface area contributed by atoms with Crippen molar-refractivity contribution in [2.24, 2.45) is 0 Å². The summed E-state index contributed by atoms with van der Waals surface area (Å²) in [6.07, 6.45) is 1.72. The number of aliphatic hydroxyl groups excluding tert-OH is 1. The Balaban J connectivity index is 2.00. The molecule has 1 N–H and O–H groups in total. The van der Waals surface area contributed by atoms with Crippen LogP contribution in [0, 0.1) is 6.92 Å². The fraction of sp³-hybridized carbons (Fsp3) is 0.385. The minimum absolute atomic E-state index is 0.0596. The second-order valence-electron chi connectivity index (χ2n) is 3.95. The van der Waals surface area contributed by atoms with Crippen LogP contribution in [0.4, 0.5) is 0 Å². The van der Waals surface area contributed by atoms with Crippen molar-refractivity contribution in [3.63, 3.8) is 0 Å². The predicted molar refractivity (Wildman–Crippen MR) is 74.7 cm³/mol. The third-order valence-corrected chi connectivity index (χ3v) is 3.49. The minimum Gasteiger partial charge on any atom is -0.394 e. The van der Waals surface area contributed by atoms with Gasteiger partial charge in [-0.2, -0.15) is 0 Å². The number of aryl methyl sites for hydroxylation is 1. The largest absolute Gasteiger partial charge is 0.394 e. The van der Waals surface area contributed by atoms with Gasteiger partial charge in [0, 0.05) is 5.75 Å². The monoisotopic (exact) mass is 279 g/mol. The number of thioether (sulfide) groups is 1. The molecule has 0 fully saturated rings. The van der Waals surface area contributed by atoms with E-state index in [1.807, 2.05) is 22.8 Å². The first-order valence-electron chi connectivity index (χ1n) is 6.10. The summed E-state index contributed by atoms with van der Waals surface area (Å²) in [5.74, 6) is 0.782. The van der Waals surface area contributed by atoms with Crippen molar-refractivity contribution < 1.29 is 9.84 Å². The Hall–Kier alpha value is -1.37. The van der Waals surface area contributed by atoms with Crippen LogP contribution >= 0.6 is 11.8 Å². The highest BCUT2D eigenvalue weighted by Crippen LogP contribution is 2.21. The first-order chi connectivity index (χ1) is 9.33. The number of hydrogen-bond donors (Lipinski definition) is 1. The number of rotatable bonds is 7. The highest BCUT2D eigenvalue weighted by Gasteiger charge is 2.08. The van der Waals surface area contributed by atoms with Crippen molar-refractivity contribution in [3.05, 3.63) is 36.2 Å². The number of nitrogens with zero attached hydrogens (tertiary/aromatic N) is 3. The Morgan fingerprint density at radius 3 is 2.95 bits per heavy atom. The molecule has 0 saturated carbocycles. The lowest BCUT2D eigenvalue weighted by Crippen LogP contribution is -2.04. The highest BCUT2D eigenvalue weighted by atomic mass is 32.2. The SMILES string of the molecule is Cc1ccccc1-n1cnnc1SCCOCCO. The minimum atomic E-state index is 0.0596. The van der Waals surface area contributed by atoms with Crippen LogP contribution < -0.4 is 0 Å². The molecule has 1 aromatic carbocycles. The Bertz CT molecular complexity index is 516. The zero-order valence-electron chi connectivity index (χ0n) is 10.8. The van der Waals surface area contributed by atoms with Crippen LogP contribution in [0.15, 0.2) is 35.7 Å². The van der Waals surface area contributed by atoms with Gasteiger partial charge in [-0.25, -0.2) is 0 Å². The Morgan fingerprint density at radius 1 is 1.32 bits per heavy atom. The van der Waals surface area contributed by atoms with E-state index in [0.29, 0.717) is 13.2 Å². The number of aliphatic hydroxyl groups is 1. The van der Waals surface area contributed by atoms with Crippen molar-refractivity contribution in [2.45, 2.75) is 12.1 Å². The predicted octanol–water partition coefficient (Wildman–Crippen LogP) is 1.68. The summed E-state index contributed by atoms with van der Waals surface area (Å²) in [6, 6.07) is 8.12. The molecule has 2 rings (SSSR count). The molecule has 6 heteroatoms. The summed E-state index contributed by atoms with van der Waals surface area (Å²) in [4.78, 5) is 0. The molecule has 1 heterocycles. The van der Waals surface area contributed by atoms with Gasteiger partial charge in [0.15, 0.2) is 5.16 Å². The summed E-state index contributed by atoms with van der Waals surface area (Å²) in [6.45, 7) is 3.09. The third-order valence-electron chi connectivity index (χ3n) is 2.59. The molecule has 0 aliphatic heterocycles. The molecule has 1 aromatic heterocycles. The van der Waals surface area contributed by atoms with Crippen molar-refractivity contribution in [1.29, 1.82) is 0 Å². The van der Waals surface area contributed by atoms with E-state index in [2.05, 4.69) is 23.2 Å². The molecule has 0 unspecified atom stereocenters. The molecular formula is C13H17N3O2S. The fourth-order valence-electron chi connectivity index (χ4n) is 1.68. The summed E-state index contributed by atoms with van der Waals surface area (Å²) >= 11 is 1.59. The molecule has 0 spiro atoms. The zero-order chi connectivity index (χ0) is 13.5. The van der Waals surface area contributed by atoms with Gasteiger partial charge in [0.05, 0.1) is 25.5 Å². The van der Waals surface area contributed by atoms with Crippen LogP contribution in [0.5, 0.6) is 0 Å². The quantitative estimate of drug-likeness (QED) is 0.617. The van der Waals surface area contributed by atoms with Crippen molar-refractivity contribution in [1.82, 2.24) is 14.8 Å². The Labute approximate surface area is 116 Å². The maximum atomic E-state index is 8.61. The van der Waals surface area contributed by atoms with E-state index in [1.165, 1.54) is 5.56 Å². The number of hydrogen-bond acceptors (Lipinski definition) is 5. The van der Waals surface area contributed by atoms with Crippen LogP contribution in [0.25, 0.3) is 5.69 Å². The molecule has 19 heavy (non-hydrogen) atoms. The second kappa shape index (κ2) is 7.28. The van der Waals surface area contributed by atoms with E-state index >= 15 is 0 Å². The van der Waals surface area contributed by atoms with Crippen LogP contribution in [-0.4, -0.2) is 45.4 Å². The number of benzene rings is 1. The van der Waals surface area contributed by atoms with E-state index < -0.39 is 0 Å². The topological polar surface area (TPSA) is 60.2 Å². The van der Waals surface area contributed by atoms with Gasteiger partial charge in [0.1, 0.15) is 6.33 Å². The molecule has 0 bridgehead atoms. The Kier molecular flexibility index (Phi) is 5.38. The first kappa shape index (κ1) is 14.0. The van der Waals surface area contributed by atoms with Gasteiger partial charge in [0.2, 0.25) is 0 Å². The number of ether oxygens (including phenoxy) is 1. The van der Waals surface area contributed by atoms with E-state index in [1.54, 1.807) is 18.1 Å². The molecular weight excluding hydrogens is 262 g/mol. The lowest BCUT2D eigenvalue weighted by atomic mass is 10.2. The maximum absolute atomic E-state index is 8.61. The van der Waals surface area contributed by atoms with Gasteiger partial charge >= 0.3 is 0 Å². The van der Waals surface area contributed by atoms with E-state index in [-0.39, 0.29) is 6.61 Å². The summed E-state index contributed by atoms with van der Waals surface area (Å²) < 4.78 is 7.20. The normalized spacial score (nSPS) is 10.8. The molecule has 0 atom stereocenters. The van der Waals surface area contributed by atoms with Gasteiger partial charge in [-0.05, 0) is 18.6 Å². The fourth-order valence-corrected chi connectivity index (χ4v) is 2.45. The van der Waals surface area contributed by atoms with E-state index in [0.717, 1.165) is 16.6 Å². The molecule has 0 amide bonds. The second-order valence-corrected chi connectivity index (χ2v) is 5.02. The molecule has 102 valence electrons. The third kappa shape index (κ3) is 3.79. The van der Waals surface area contributed by atoms with Crippen molar-refractivity contribution in [3.8, 4) is 5.69 Å². The first-order valence-corrected chi connectivity index (χ1v) is 7.09. The average Bonchev–Trinajstić information content (AvgIpc) is 2.87. The standard InChI is InChI=1S/C13H17N3O2S/c1-11-4-2-3-5-12(11)16-10-14-15-13(16)19-9-8-18-7-6-17/h2-5,10,17H,6-9H2,1H3. The van der Waals surface area contributed by atoms with Crippen molar-refractivity contribution in [2.75, 3.05) is 25.6 Å². The van der Waals surface area contributed by atoms with Gasteiger partial charge in [-0.15, -0.1) is 10.2 Å². The smallest absolute Gasteiger partial charge is 0.195 e. The van der Waals surface area contributed by atoms with Gasteiger partial charge in [-0.3, -0.25) is 4.57 Å². The molecule has 0 aliphatic rings. The molecule has 0 aliphatic carbocycles. The van der Waals surface area contributed by atoms with Crippen LogP contribution in [-0.2, 0) is 4.74 Å². The van der Waals surface area contributed by atoms with Gasteiger partial charge in [0.25, 0.3) is 0 Å². The lowest BCUT2D eigenvalue weighted by Gasteiger charge is -2.08. The molecule has 5 nitrogen and oxygen atoms in total.